The second-order valence-corrected chi connectivity index (χ2v) is 5.82. The molecule has 5 heteroatoms. The third kappa shape index (κ3) is 4.37. The molecule has 1 aliphatic carbocycles. The number of ether oxygens (including phenoxy) is 1. The Bertz CT molecular complexity index is 456. The summed E-state index contributed by atoms with van der Waals surface area (Å²) < 4.78 is 40.2. The van der Waals surface area contributed by atoms with Crippen molar-refractivity contribution < 1.29 is 23.0 Å². The molecule has 21 heavy (non-hydrogen) atoms. The number of hydrogen-bond acceptors (Lipinski definition) is 2. The highest BCUT2D eigenvalue weighted by Crippen LogP contribution is 2.38. The minimum absolute atomic E-state index is 0.228. The summed E-state index contributed by atoms with van der Waals surface area (Å²) in [5.74, 6) is 0.0336. The third-order valence-corrected chi connectivity index (χ3v) is 4.33. The maximum Gasteiger partial charge on any atom is 0.573 e. The van der Waals surface area contributed by atoms with E-state index >= 15 is 0 Å². The highest BCUT2D eigenvalue weighted by atomic mass is 19.4. The predicted octanol–water partition coefficient (Wildman–Crippen LogP) is 4.46. The fraction of sp³-hybridized carbons (Fsp3) is 0.625. The van der Waals surface area contributed by atoms with Gasteiger partial charge in [0.15, 0.2) is 0 Å². The summed E-state index contributed by atoms with van der Waals surface area (Å²) in [7, 11) is 0. The Morgan fingerprint density at radius 1 is 1.24 bits per heavy atom. The van der Waals surface area contributed by atoms with Crippen molar-refractivity contribution >= 4 is 0 Å². The Hall–Kier alpha value is -1.23. The molecule has 2 unspecified atom stereocenters. The maximum atomic E-state index is 12.1. The van der Waals surface area contributed by atoms with Crippen LogP contribution in [0.25, 0.3) is 0 Å². The zero-order valence-electron chi connectivity index (χ0n) is 12.1. The molecule has 0 aliphatic heterocycles. The maximum absolute atomic E-state index is 12.1. The van der Waals surface area contributed by atoms with E-state index in [0.29, 0.717) is 6.42 Å². The van der Waals surface area contributed by atoms with E-state index in [2.05, 4.69) is 11.7 Å². The molecule has 0 amide bonds. The Morgan fingerprint density at radius 2 is 1.90 bits per heavy atom. The monoisotopic (exact) mass is 302 g/mol. The van der Waals surface area contributed by atoms with Gasteiger partial charge in [-0.25, -0.2) is 0 Å². The summed E-state index contributed by atoms with van der Waals surface area (Å²) in [6.45, 7) is 2.07. The molecule has 0 bridgehead atoms. The Morgan fingerprint density at radius 3 is 2.48 bits per heavy atom. The Labute approximate surface area is 122 Å². The molecular weight excluding hydrogens is 281 g/mol. The van der Waals surface area contributed by atoms with Crippen molar-refractivity contribution in [1.82, 2.24) is 0 Å². The number of alkyl halides is 3. The minimum atomic E-state index is -4.67. The first kappa shape index (κ1) is 16.1. The summed E-state index contributed by atoms with van der Waals surface area (Å²) in [5, 5.41) is 10.8. The summed E-state index contributed by atoms with van der Waals surface area (Å²) in [6, 6.07) is 5.80. The van der Waals surface area contributed by atoms with Gasteiger partial charge in [-0.15, -0.1) is 13.2 Å². The first-order valence-electron chi connectivity index (χ1n) is 7.39. The van der Waals surface area contributed by atoms with E-state index in [1.54, 1.807) is 12.1 Å². The highest BCUT2D eigenvalue weighted by molar-refractivity contribution is 5.28. The lowest BCUT2D eigenvalue weighted by Crippen LogP contribution is -2.42. The molecule has 2 atom stereocenters. The second-order valence-electron chi connectivity index (χ2n) is 5.82. The molecule has 1 aromatic rings. The van der Waals surface area contributed by atoms with Crippen molar-refractivity contribution in [1.29, 1.82) is 0 Å². The van der Waals surface area contributed by atoms with Gasteiger partial charge in [0.1, 0.15) is 5.75 Å². The number of hydrogen-bond donors (Lipinski definition) is 1. The molecule has 0 heterocycles. The molecule has 1 N–H and O–H groups in total. The molecule has 2 nitrogen and oxygen atoms in total. The fourth-order valence-corrected chi connectivity index (χ4v) is 3.27. The lowest BCUT2D eigenvalue weighted by Gasteiger charge is -2.40. The van der Waals surface area contributed by atoms with Gasteiger partial charge >= 0.3 is 6.36 Å². The van der Waals surface area contributed by atoms with Crippen LogP contribution >= 0.6 is 0 Å². The van der Waals surface area contributed by atoms with Crippen molar-refractivity contribution in [2.45, 2.75) is 57.4 Å². The molecule has 118 valence electrons. The topological polar surface area (TPSA) is 29.5 Å². The first-order chi connectivity index (χ1) is 9.82. The van der Waals surface area contributed by atoms with E-state index < -0.39 is 12.0 Å². The molecule has 0 aromatic heterocycles. The molecule has 1 fully saturated rings. The summed E-state index contributed by atoms with van der Waals surface area (Å²) >= 11 is 0. The van der Waals surface area contributed by atoms with Gasteiger partial charge in [-0.1, -0.05) is 38.3 Å². The van der Waals surface area contributed by atoms with E-state index in [9.17, 15) is 18.3 Å². The number of rotatable bonds is 4. The van der Waals surface area contributed by atoms with Gasteiger partial charge in [-0.05, 0) is 36.5 Å². The van der Waals surface area contributed by atoms with Crippen LogP contribution in [-0.4, -0.2) is 17.1 Å². The van der Waals surface area contributed by atoms with Crippen LogP contribution < -0.4 is 4.74 Å². The van der Waals surface area contributed by atoms with Crippen LogP contribution in [0.5, 0.6) is 5.75 Å². The second kappa shape index (κ2) is 6.26. The van der Waals surface area contributed by atoms with Gasteiger partial charge in [0.2, 0.25) is 0 Å². The summed E-state index contributed by atoms with van der Waals surface area (Å²) in [5.41, 5.74) is 0.103. The molecule has 0 spiro atoms. The van der Waals surface area contributed by atoms with Crippen molar-refractivity contribution in [3.8, 4) is 5.75 Å². The normalized spacial score (nSPS) is 26.6. The average molecular weight is 302 g/mol. The van der Waals surface area contributed by atoms with E-state index in [1.807, 2.05) is 0 Å². The fourth-order valence-electron chi connectivity index (χ4n) is 3.27. The Balaban J connectivity index is 2.05. The molecule has 0 saturated heterocycles. The van der Waals surface area contributed by atoms with Gasteiger partial charge in [0, 0.05) is 6.42 Å². The van der Waals surface area contributed by atoms with Crippen LogP contribution in [0.3, 0.4) is 0 Å². The van der Waals surface area contributed by atoms with Crippen LogP contribution in [-0.2, 0) is 6.42 Å². The van der Waals surface area contributed by atoms with Crippen molar-refractivity contribution in [2.75, 3.05) is 0 Å². The number of halogens is 3. The van der Waals surface area contributed by atoms with E-state index in [4.69, 9.17) is 0 Å². The van der Waals surface area contributed by atoms with Gasteiger partial charge in [-0.3, -0.25) is 0 Å². The molecule has 1 aromatic carbocycles. The highest BCUT2D eigenvalue weighted by Gasteiger charge is 2.37. The van der Waals surface area contributed by atoms with Gasteiger partial charge in [-0.2, -0.15) is 0 Å². The lowest BCUT2D eigenvalue weighted by atomic mass is 9.71. The largest absolute Gasteiger partial charge is 0.573 e. The van der Waals surface area contributed by atoms with Gasteiger partial charge in [0.25, 0.3) is 0 Å². The molecular formula is C16H21F3O2. The number of aliphatic hydroxyl groups is 1. The minimum Gasteiger partial charge on any atom is -0.406 e. The van der Waals surface area contributed by atoms with E-state index in [1.165, 1.54) is 12.1 Å². The lowest BCUT2D eigenvalue weighted by molar-refractivity contribution is -0.274. The quantitative estimate of drug-likeness (QED) is 0.890. The molecule has 0 radical (unpaired) electrons. The van der Waals surface area contributed by atoms with Crippen LogP contribution in [0.2, 0.25) is 0 Å². The predicted molar refractivity (Wildman–Crippen MR) is 74.0 cm³/mol. The Kier molecular flexibility index (Phi) is 4.81. The van der Waals surface area contributed by atoms with Gasteiger partial charge < -0.3 is 9.84 Å². The number of benzene rings is 1. The summed E-state index contributed by atoms with van der Waals surface area (Å²) in [4.78, 5) is 0. The van der Waals surface area contributed by atoms with E-state index in [0.717, 1.165) is 37.7 Å². The van der Waals surface area contributed by atoms with Crippen molar-refractivity contribution in [2.24, 2.45) is 5.92 Å². The van der Waals surface area contributed by atoms with Gasteiger partial charge in [0.05, 0.1) is 5.60 Å². The molecule has 1 aliphatic rings. The zero-order valence-corrected chi connectivity index (χ0v) is 12.1. The third-order valence-electron chi connectivity index (χ3n) is 4.33. The molecule has 1 saturated carbocycles. The van der Waals surface area contributed by atoms with Crippen molar-refractivity contribution in [3.63, 3.8) is 0 Å². The van der Waals surface area contributed by atoms with Crippen LogP contribution in [0.15, 0.2) is 24.3 Å². The molecule has 2 rings (SSSR count). The SMILES string of the molecule is CCC1CCCCC1(O)Cc1ccc(OC(F)(F)F)cc1. The zero-order chi connectivity index (χ0) is 15.5. The standard InChI is InChI=1S/C16H21F3O2/c1-2-13-5-3-4-10-15(13,20)11-12-6-8-14(9-7-12)21-16(17,18)19/h6-9,13,20H,2-5,10-11H2,1H3. The first-order valence-corrected chi connectivity index (χ1v) is 7.39. The van der Waals surface area contributed by atoms with Crippen LogP contribution in [0.1, 0.15) is 44.6 Å². The summed E-state index contributed by atoms with van der Waals surface area (Å²) in [6.07, 6.45) is 0.649. The van der Waals surface area contributed by atoms with E-state index in [-0.39, 0.29) is 11.7 Å². The average Bonchev–Trinajstić information content (AvgIpc) is 2.40. The smallest absolute Gasteiger partial charge is 0.406 e. The van der Waals surface area contributed by atoms with Crippen LogP contribution in [0, 0.1) is 5.92 Å². The van der Waals surface area contributed by atoms with Crippen LogP contribution in [0.4, 0.5) is 13.2 Å². The van der Waals surface area contributed by atoms with Crippen molar-refractivity contribution in [3.05, 3.63) is 29.8 Å².